The van der Waals surface area contributed by atoms with Crippen molar-refractivity contribution in [3.8, 4) is 17.2 Å². The second kappa shape index (κ2) is 11.4. The van der Waals surface area contributed by atoms with E-state index in [2.05, 4.69) is 14.9 Å². The van der Waals surface area contributed by atoms with E-state index in [-0.39, 0.29) is 4.90 Å². The van der Waals surface area contributed by atoms with Crippen LogP contribution in [0.1, 0.15) is 29.6 Å². The number of anilines is 3. The summed E-state index contributed by atoms with van der Waals surface area (Å²) < 4.78 is 45.5. The molecule has 0 spiro atoms. The number of ether oxygens (including phenoxy) is 3. The zero-order valence-electron chi connectivity index (χ0n) is 21.1. The maximum atomic E-state index is 13.6. The molecular weight excluding hydrogens is 494 g/mol. The van der Waals surface area contributed by atoms with Gasteiger partial charge in [-0.15, -0.1) is 0 Å². The van der Waals surface area contributed by atoms with E-state index in [0.717, 1.165) is 32.4 Å². The number of methoxy groups -OCH3 is 3. The summed E-state index contributed by atoms with van der Waals surface area (Å²) in [5.74, 6) is 1.14. The summed E-state index contributed by atoms with van der Waals surface area (Å²) in [6.07, 6.45) is 3.09. The Balaban J connectivity index is 1.67. The maximum absolute atomic E-state index is 13.6. The molecule has 0 unspecified atom stereocenters. The number of nitrogens with zero attached hydrogens (tertiary/aromatic N) is 1. The predicted octanol–water partition coefficient (Wildman–Crippen LogP) is 4.76. The van der Waals surface area contributed by atoms with E-state index in [4.69, 9.17) is 14.2 Å². The molecule has 2 N–H and O–H groups in total. The molecule has 0 saturated carbocycles. The van der Waals surface area contributed by atoms with Crippen LogP contribution in [-0.2, 0) is 10.0 Å². The molecule has 1 heterocycles. The molecule has 0 radical (unpaired) electrons. The number of nitrogens with one attached hydrogen (secondary N) is 2. The van der Waals surface area contributed by atoms with E-state index in [1.807, 2.05) is 0 Å². The number of hydrogen-bond acceptors (Lipinski definition) is 7. The first kappa shape index (κ1) is 26.2. The van der Waals surface area contributed by atoms with E-state index in [9.17, 15) is 13.2 Å². The van der Waals surface area contributed by atoms with Gasteiger partial charge in [-0.05, 0) is 73.9 Å². The van der Waals surface area contributed by atoms with Crippen LogP contribution in [0.15, 0.2) is 65.6 Å². The van der Waals surface area contributed by atoms with Crippen LogP contribution in [0.4, 0.5) is 17.1 Å². The van der Waals surface area contributed by atoms with Crippen LogP contribution < -0.4 is 29.1 Å². The largest absolute Gasteiger partial charge is 0.497 e. The van der Waals surface area contributed by atoms with Crippen molar-refractivity contribution in [2.45, 2.75) is 24.2 Å². The van der Waals surface area contributed by atoms with Crippen molar-refractivity contribution in [2.75, 3.05) is 49.4 Å². The van der Waals surface area contributed by atoms with Crippen LogP contribution >= 0.6 is 0 Å². The number of hydrogen-bond donors (Lipinski definition) is 2. The van der Waals surface area contributed by atoms with E-state index in [1.54, 1.807) is 61.7 Å². The molecule has 1 fully saturated rings. The van der Waals surface area contributed by atoms with Gasteiger partial charge in [-0.1, -0.05) is 0 Å². The monoisotopic (exact) mass is 525 g/mol. The summed E-state index contributed by atoms with van der Waals surface area (Å²) in [7, 11) is 0.572. The summed E-state index contributed by atoms with van der Waals surface area (Å²) >= 11 is 0. The highest BCUT2D eigenvalue weighted by Gasteiger charge is 2.25. The molecule has 1 aliphatic heterocycles. The topological polar surface area (TPSA) is 106 Å². The highest BCUT2D eigenvalue weighted by atomic mass is 32.2. The van der Waals surface area contributed by atoms with Crippen molar-refractivity contribution in [1.82, 2.24) is 0 Å². The van der Waals surface area contributed by atoms with Gasteiger partial charge in [0.25, 0.3) is 15.9 Å². The number of benzene rings is 3. The van der Waals surface area contributed by atoms with Crippen LogP contribution in [0.2, 0.25) is 0 Å². The van der Waals surface area contributed by atoms with E-state index in [0.29, 0.717) is 39.9 Å². The fourth-order valence-electron chi connectivity index (χ4n) is 4.21. The molecule has 0 bridgehead atoms. The van der Waals surface area contributed by atoms with Crippen molar-refractivity contribution in [1.29, 1.82) is 0 Å². The third kappa shape index (κ3) is 6.26. The van der Waals surface area contributed by atoms with Gasteiger partial charge in [-0.2, -0.15) is 0 Å². The lowest BCUT2D eigenvalue weighted by Gasteiger charge is -2.30. The minimum atomic E-state index is -3.98. The van der Waals surface area contributed by atoms with E-state index in [1.165, 1.54) is 20.3 Å². The number of sulfonamides is 1. The minimum Gasteiger partial charge on any atom is -0.497 e. The second-order valence-electron chi connectivity index (χ2n) is 8.62. The fourth-order valence-corrected chi connectivity index (χ4v) is 5.53. The molecule has 1 aliphatic rings. The first-order chi connectivity index (χ1) is 17.8. The van der Waals surface area contributed by atoms with Crippen molar-refractivity contribution in [3.63, 3.8) is 0 Å². The summed E-state index contributed by atoms with van der Waals surface area (Å²) in [6, 6.07) is 16.4. The van der Waals surface area contributed by atoms with Gasteiger partial charge in [-0.25, -0.2) is 8.42 Å². The average molecular weight is 526 g/mol. The molecule has 37 heavy (non-hydrogen) atoms. The summed E-state index contributed by atoms with van der Waals surface area (Å²) in [5, 5.41) is 2.81. The zero-order chi connectivity index (χ0) is 26.4. The third-order valence-electron chi connectivity index (χ3n) is 6.16. The molecule has 10 heteroatoms. The van der Waals surface area contributed by atoms with Gasteiger partial charge in [0, 0.05) is 36.1 Å². The van der Waals surface area contributed by atoms with Gasteiger partial charge in [0.2, 0.25) is 0 Å². The van der Waals surface area contributed by atoms with Crippen LogP contribution in [0.3, 0.4) is 0 Å². The Labute approximate surface area is 217 Å². The first-order valence-corrected chi connectivity index (χ1v) is 13.4. The summed E-state index contributed by atoms with van der Waals surface area (Å²) in [5.41, 5.74) is 1.67. The fraction of sp³-hybridized carbons (Fsp3) is 0.296. The zero-order valence-corrected chi connectivity index (χ0v) is 21.9. The molecule has 3 aromatic carbocycles. The standard InChI is InChI=1S/C27H31N3O6S/c1-34-22-10-7-20(8-11-22)29-37(32,33)26-17-21(9-12-25(26)30-13-5-4-6-14-30)28-27(31)19-15-23(35-2)18-24(16-19)36-3/h7-12,15-18,29H,4-6,13-14H2,1-3H3,(H,28,31). The van der Waals surface area contributed by atoms with Gasteiger partial charge in [0.05, 0.1) is 27.0 Å². The Kier molecular flexibility index (Phi) is 8.08. The molecule has 0 aromatic heterocycles. The van der Waals surface area contributed by atoms with Gasteiger partial charge in [0.15, 0.2) is 0 Å². The van der Waals surface area contributed by atoms with Crippen LogP contribution in [0.5, 0.6) is 17.2 Å². The number of amides is 1. The molecule has 4 rings (SSSR count). The van der Waals surface area contributed by atoms with E-state index >= 15 is 0 Å². The SMILES string of the molecule is COc1ccc(NS(=O)(=O)c2cc(NC(=O)c3cc(OC)cc(OC)c3)ccc2N2CCCCC2)cc1. The Morgan fingerprint density at radius 1 is 0.757 bits per heavy atom. The smallest absolute Gasteiger partial charge is 0.264 e. The van der Waals surface area contributed by atoms with Gasteiger partial charge < -0.3 is 24.4 Å². The summed E-state index contributed by atoms with van der Waals surface area (Å²) in [6.45, 7) is 1.53. The molecule has 196 valence electrons. The lowest BCUT2D eigenvalue weighted by Crippen LogP contribution is -2.31. The number of piperidine rings is 1. The van der Waals surface area contributed by atoms with Crippen molar-refractivity contribution in [3.05, 3.63) is 66.2 Å². The summed E-state index contributed by atoms with van der Waals surface area (Å²) in [4.78, 5) is 15.2. The lowest BCUT2D eigenvalue weighted by molar-refractivity contribution is 0.102. The normalized spacial score (nSPS) is 13.5. The lowest BCUT2D eigenvalue weighted by atomic mass is 10.1. The second-order valence-corrected chi connectivity index (χ2v) is 10.3. The van der Waals surface area contributed by atoms with Gasteiger partial charge in [0.1, 0.15) is 22.1 Å². The third-order valence-corrected chi connectivity index (χ3v) is 7.57. The molecular formula is C27H31N3O6S. The van der Waals surface area contributed by atoms with E-state index < -0.39 is 15.9 Å². The average Bonchev–Trinajstić information content (AvgIpc) is 2.93. The van der Waals surface area contributed by atoms with Crippen molar-refractivity contribution in [2.24, 2.45) is 0 Å². The van der Waals surface area contributed by atoms with Crippen LogP contribution in [-0.4, -0.2) is 48.7 Å². The molecule has 3 aromatic rings. The van der Waals surface area contributed by atoms with Crippen molar-refractivity contribution >= 4 is 33.0 Å². The highest BCUT2D eigenvalue weighted by molar-refractivity contribution is 7.92. The minimum absolute atomic E-state index is 0.0891. The van der Waals surface area contributed by atoms with Crippen molar-refractivity contribution < 1.29 is 27.4 Å². The quantitative estimate of drug-likeness (QED) is 0.415. The van der Waals surface area contributed by atoms with Crippen LogP contribution in [0, 0.1) is 0 Å². The van der Waals surface area contributed by atoms with Gasteiger partial charge >= 0.3 is 0 Å². The Bertz CT molecular complexity index is 1330. The Morgan fingerprint density at radius 2 is 1.35 bits per heavy atom. The van der Waals surface area contributed by atoms with Gasteiger partial charge in [-0.3, -0.25) is 9.52 Å². The number of rotatable bonds is 9. The first-order valence-electron chi connectivity index (χ1n) is 11.9. The molecule has 0 atom stereocenters. The molecule has 0 aliphatic carbocycles. The van der Waals surface area contributed by atoms with Crippen LogP contribution in [0.25, 0.3) is 0 Å². The predicted molar refractivity (Wildman–Crippen MR) is 144 cm³/mol. The number of carbonyl (C=O) groups excluding carboxylic acids is 1. The number of carbonyl (C=O) groups is 1. The Hall–Kier alpha value is -3.92. The molecule has 1 saturated heterocycles. The highest BCUT2D eigenvalue weighted by Crippen LogP contribution is 2.33. The molecule has 9 nitrogen and oxygen atoms in total. The molecule has 1 amide bonds. The Morgan fingerprint density at radius 3 is 1.95 bits per heavy atom. The maximum Gasteiger partial charge on any atom is 0.264 e.